The van der Waals surface area contributed by atoms with E-state index >= 15 is 0 Å². The number of benzene rings is 2. The fourth-order valence-corrected chi connectivity index (χ4v) is 4.82. The third kappa shape index (κ3) is 3.16. The Morgan fingerprint density at radius 1 is 1.17 bits per heavy atom. The second-order valence-corrected chi connectivity index (χ2v) is 10.4. The van der Waals surface area contributed by atoms with Crippen LogP contribution in [-0.2, 0) is 22.9 Å². The zero-order valence-electron chi connectivity index (χ0n) is 16.9. The minimum absolute atomic E-state index is 0.129. The van der Waals surface area contributed by atoms with Crippen molar-refractivity contribution in [1.82, 2.24) is 4.31 Å². The van der Waals surface area contributed by atoms with Crippen LogP contribution in [0.1, 0.15) is 35.3 Å². The topological polar surface area (TPSA) is 87.2 Å². The summed E-state index contributed by atoms with van der Waals surface area (Å²) in [7, 11) is -0.680. The summed E-state index contributed by atoms with van der Waals surface area (Å²) in [6, 6.07) is 8.25. The lowest BCUT2D eigenvalue weighted by atomic mass is 10.00. The molecule has 7 nitrogen and oxygen atoms in total. The Labute approximate surface area is 170 Å². The van der Waals surface area contributed by atoms with Gasteiger partial charge in [-0.3, -0.25) is 4.79 Å². The van der Waals surface area contributed by atoms with Crippen molar-refractivity contribution in [3.63, 3.8) is 0 Å². The highest BCUT2D eigenvalue weighted by molar-refractivity contribution is 7.89. The average molecular weight is 416 g/mol. The Kier molecular flexibility index (Phi) is 4.40. The van der Waals surface area contributed by atoms with Gasteiger partial charge in [0, 0.05) is 38.3 Å². The van der Waals surface area contributed by atoms with Crippen molar-refractivity contribution in [1.29, 1.82) is 0 Å². The van der Waals surface area contributed by atoms with Gasteiger partial charge in [-0.25, -0.2) is 12.7 Å². The molecule has 2 aromatic rings. The molecule has 0 fully saturated rings. The van der Waals surface area contributed by atoms with Gasteiger partial charge in [0.25, 0.3) is 5.91 Å². The molecule has 4 rings (SSSR count). The first kappa shape index (κ1) is 19.7. The van der Waals surface area contributed by atoms with E-state index in [9.17, 15) is 18.3 Å². The van der Waals surface area contributed by atoms with Crippen molar-refractivity contribution < 1.29 is 23.1 Å². The monoisotopic (exact) mass is 416 g/mol. The molecule has 0 aliphatic carbocycles. The van der Waals surface area contributed by atoms with Gasteiger partial charge >= 0.3 is 0 Å². The summed E-state index contributed by atoms with van der Waals surface area (Å²) >= 11 is 0. The van der Waals surface area contributed by atoms with Crippen molar-refractivity contribution in [3.05, 3.63) is 47.0 Å². The summed E-state index contributed by atoms with van der Waals surface area (Å²) in [5.74, 6) is -0.190. The minimum atomic E-state index is -3.62. The molecule has 0 atom stereocenters. The van der Waals surface area contributed by atoms with Crippen LogP contribution in [0.4, 0.5) is 5.69 Å². The number of carbonyl (C=O) groups is 1. The number of rotatable bonds is 3. The Bertz CT molecular complexity index is 1120. The SMILES string of the molecule is CN(C)S(=O)(=O)c1ccc2c(c1)N(C(=O)c1ccc3c(c1O)OC(C)(C)C3)CC2. The maximum atomic E-state index is 13.2. The van der Waals surface area contributed by atoms with Gasteiger partial charge in [-0.2, -0.15) is 0 Å². The second-order valence-electron chi connectivity index (χ2n) is 8.27. The number of phenols is 1. The molecule has 1 amide bonds. The van der Waals surface area contributed by atoms with E-state index in [1.807, 2.05) is 13.8 Å². The van der Waals surface area contributed by atoms with Gasteiger partial charge < -0.3 is 14.7 Å². The number of aromatic hydroxyl groups is 1. The highest BCUT2D eigenvalue weighted by Gasteiger charge is 2.36. The Morgan fingerprint density at radius 2 is 1.86 bits per heavy atom. The molecular formula is C21H24N2O5S. The van der Waals surface area contributed by atoms with Gasteiger partial charge in [-0.1, -0.05) is 12.1 Å². The van der Waals surface area contributed by atoms with Crippen LogP contribution in [0.3, 0.4) is 0 Å². The van der Waals surface area contributed by atoms with Crippen LogP contribution in [-0.4, -0.2) is 50.0 Å². The number of hydrogen-bond donors (Lipinski definition) is 1. The van der Waals surface area contributed by atoms with E-state index in [0.717, 1.165) is 15.4 Å². The average Bonchev–Trinajstić information content (AvgIpc) is 3.20. The van der Waals surface area contributed by atoms with Crippen molar-refractivity contribution in [2.75, 3.05) is 25.5 Å². The number of hydrogen-bond acceptors (Lipinski definition) is 5. The Hall–Kier alpha value is -2.58. The molecule has 0 aromatic heterocycles. The van der Waals surface area contributed by atoms with E-state index in [4.69, 9.17) is 4.74 Å². The van der Waals surface area contributed by atoms with Crippen LogP contribution >= 0.6 is 0 Å². The van der Waals surface area contributed by atoms with Crippen molar-refractivity contribution in [2.24, 2.45) is 0 Å². The van der Waals surface area contributed by atoms with Crippen LogP contribution in [0.2, 0.25) is 0 Å². The largest absolute Gasteiger partial charge is 0.504 e. The van der Waals surface area contributed by atoms with Crippen molar-refractivity contribution in [2.45, 2.75) is 37.2 Å². The quantitative estimate of drug-likeness (QED) is 0.831. The highest BCUT2D eigenvalue weighted by Crippen LogP contribution is 2.44. The normalized spacial score (nSPS) is 17.2. The molecule has 2 aromatic carbocycles. The van der Waals surface area contributed by atoms with E-state index in [1.165, 1.54) is 25.1 Å². The number of sulfonamides is 1. The zero-order chi connectivity index (χ0) is 21.1. The third-order valence-corrected chi connectivity index (χ3v) is 7.23. The summed E-state index contributed by atoms with van der Waals surface area (Å²) in [5.41, 5.74) is 2.03. The molecule has 8 heteroatoms. The molecule has 2 aliphatic heterocycles. The molecule has 1 N–H and O–H groups in total. The number of amides is 1. The number of carbonyl (C=O) groups excluding carboxylic acids is 1. The van der Waals surface area contributed by atoms with Gasteiger partial charge in [0.15, 0.2) is 11.5 Å². The smallest absolute Gasteiger partial charge is 0.262 e. The predicted octanol–water partition coefficient (Wildman–Crippen LogP) is 2.56. The molecule has 154 valence electrons. The molecule has 0 saturated carbocycles. The van der Waals surface area contributed by atoms with Crippen molar-refractivity contribution >= 4 is 21.6 Å². The van der Waals surface area contributed by atoms with E-state index in [2.05, 4.69) is 0 Å². The first-order valence-corrected chi connectivity index (χ1v) is 10.9. The van der Waals surface area contributed by atoms with Crippen LogP contribution < -0.4 is 9.64 Å². The van der Waals surface area contributed by atoms with Crippen LogP contribution in [0.5, 0.6) is 11.5 Å². The van der Waals surface area contributed by atoms with Gasteiger partial charge in [0.2, 0.25) is 10.0 Å². The van der Waals surface area contributed by atoms with Gasteiger partial charge in [0.1, 0.15) is 5.60 Å². The maximum absolute atomic E-state index is 13.2. The lowest BCUT2D eigenvalue weighted by Crippen LogP contribution is -2.29. The predicted molar refractivity (Wildman–Crippen MR) is 109 cm³/mol. The molecule has 29 heavy (non-hydrogen) atoms. The highest BCUT2D eigenvalue weighted by atomic mass is 32.2. The molecule has 2 heterocycles. The molecule has 0 bridgehead atoms. The zero-order valence-corrected chi connectivity index (χ0v) is 17.7. The van der Waals surface area contributed by atoms with Gasteiger partial charge in [-0.05, 0) is 44.0 Å². The van der Waals surface area contributed by atoms with E-state index in [0.29, 0.717) is 30.8 Å². The Balaban J connectivity index is 1.72. The molecule has 2 aliphatic rings. The number of ether oxygens (including phenoxy) is 1. The van der Waals surface area contributed by atoms with Gasteiger partial charge in [-0.15, -0.1) is 0 Å². The second kappa shape index (κ2) is 6.47. The number of phenolic OH excluding ortho intramolecular Hbond substituents is 1. The molecule has 0 saturated heterocycles. The maximum Gasteiger partial charge on any atom is 0.262 e. The lowest BCUT2D eigenvalue weighted by molar-refractivity contribution is 0.0983. The lowest BCUT2D eigenvalue weighted by Gasteiger charge is -2.20. The summed E-state index contributed by atoms with van der Waals surface area (Å²) in [6.07, 6.45) is 1.28. The van der Waals surface area contributed by atoms with Crippen LogP contribution in [0.25, 0.3) is 0 Å². The summed E-state index contributed by atoms with van der Waals surface area (Å²) in [4.78, 5) is 14.9. The van der Waals surface area contributed by atoms with Crippen molar-refractivity contribution in [3.8, 4) is 11.5 Å². The van der Waals surface area contributed by atoms with Gasteiger partial charge in [0.05, 0.1) is 10.5 Å². The molecule has 0 spiro atoms. The van der Waals surface area contributed by atoms with Crippen LogP contribution in [0, 0.1) is 0 Å². The summed E-state index contributed by atoms with van der Waals surface area (Å²) in [6.45, 7) is 4.28. The van der Waals surface area contributed by atoms with E-state index < -0.39 is 15.6 Å². The van der Waals surface area contributed by atoms with E-state index in [-0.39, 0.29) is 22.1 Å². The fourth-order valence-electron chi connectivity index (χ4n) is 3.90. The summed E-state index contributed by atoms with van der Waals surface area (Å²) in [5, 5.41) is 10.7. The standard InChI is InChI=1S/C21H24N2O5S/c1-21(2)12-14-6-8-16(18(24)19(14)28-21)20(25)23-10-9-13-5-7-15(11-17(13)23)29(26,27)22(3)4/h5-8,11,24H,9-10,12H2,1-4H3. The minimum Gasteiger partial charge on any atom is -0.504 e. The third-order valence-electron chi connectivity index (χ3n) is 5.41. The molecule has 0 unspecified atom stereocenters. The summed E-state index contributed by atoms with van der Waals surface area (Å²) < 4.78 is 31.9. The number of nitrogens with zero attached hydrogens (tertiary/aromatic N) is 2. The first-order chi connectivity index (χ1) is 13.5. The first-order valence-electron chi connectivity index (χ1n) is 9.42. The van der Waals surface area contributed by atoms with E-state index in [1.54, 1.807) is 24.3 Å². The molecule has 0 radical (unpaired) electrons. The fraction of sp³-hybridized carbons (Fsp3) is 0.381. The number of fused-ring (bicyclic) bond motifs is 2. The Morgan fingerprint density at radius 3 is 2.55 bits per heavy atom. The molecular weight excluding hydrogens is 392 g/mol. The number of anilines is 1. The van der Waals surface area contributed by atoms with Crippen LogP contribution in [0.15, 0.2) is 35.2 Å².